The van der Waals surface area contributed by atoms with E-state index in [0.717, 1.165) is 26.1 Å². The molecule has 1 aliphatic rings. The second kappa shape index (κ2) is 8.51. The molecule has 112 valence electrons. The lowest BCUT2D eigenvalue weighted by molar-refractivity contribution is -0.143. The highest BCUT2D eigenvalue weighted by molar-refractivity contribution is 5.75. The Morgan fingerprint density at radius 3 is 2.47 bits per heavy atom. The van der Waals surface area contributed by atoms with Crippen LogP contribution in [0.15, 0.2) is 0 Å². The van der Waals surface area contributed by atoms with Crippen LogP contribution < -0.4 is 5.32 Å². The van der Waals surface area contributed by atoms with Gasteiger partial charge in [0.05, 0.1) is 13.7 Å². The zero-order chi connectivity index (χ0) is 14.3. The fraction of sp³-hybridized carbons (Fsp3) is 0.929. The molecule has 0 bridgehead atoms. The van der Waals surface area contributed by atoms with Gasteiger partial charge in [0.15, 0.2) is 0 Å². The summed E-state index contributed by atoms with van der Waals surface area (Å²) in [6.45, 7) is 6.82. The van der Waals surface area contributed by atoms with Crippen LogP contribution in [0.4, 0.5) is 0 Å². The van der Waals surface area contributed by atoms with Crippen molar-refractivity contribution in [2.45, 2.75) is 51.2 Å². The van der Waals surface area contributed by atoms with Crippen molar-refractivity contribution >= 4 is 5.97 Å². The predicted octanol–water partition coefficient (Wildman–Crippen LogP) is 1.03. The molecule has 1 rings (SSSR count). The Bertz CT molecular complexity index is 267. The van der Waals surface area contributed by atoms with Gasteiger partial charge in [0, 0.05) is 32.3 Å². The molecule has 1 saturated carbocycles. The molecule has 0 aliphatic heterocycles. The molecule has 0 amide bonds. The molecule has 0 aromatic carbocycles. The molecule has 19 heavy (non-hydrogen) atoms. The Morgan fingerprint density at radius 1 is 1.32 bits per heavy atom. The quantitative estimate of drug-likeness (QED) is 0.602. The Balaban J connectivity index is 2.40. The SMILES string of the molecule is COCCN(CCC(NC1CC1)C(=O)OC)C(C)C. The van der Waals surface area contributed by atoms with Gasteiger partial charge in [-0.05, 0) is 33.1 Å². The number of hydrogen-bond donors (Lipinski definition) is 1. The second-order valence-electron chi connectivity index (χ2n) is 5.43. The molecule has 0 aromatic rings. The van der Waals surface area contributed by atoms with E-state index in [4.69, 9.17) is 9.47 Å². The van der Waals surface area contributed by atoms with Crippen LogP contribution in [0.2, 0.25) is 0 Å². The number of carbonyl (C=O) groups is 1. The number of carbonyl (C=O) groups excluding carboxylic acids is 1. The first-order valence-electron chi connectivity index (χ1n) is 7.15. The topological polar surface area (TPSA) is 50.8 Å². The third-order valence-corrected chi connectivity index (χ3v) is 3.52. The highest BCUT2D eigenvalue weighted by Crippen LogP contribution is 2.20. The van der Waals surface area contributed by atoms with E-state index in [9.17, 15) is 4.79 Å². The van der Waals surface area contributed by atoms with Crippen LogP contribution in [0.25, 0.3) is 0 Å². The van der Waals surface area contributed by atoms with E-state index in [0.29, 0.717) is 12.1 Å². The number of esters is 1. The zero-order valence-corrected chi connectivity index (χ0v) is 12.6. The molecule has 1 atom stereocenters. The number of ether oxygens (including phenoxy) is 2. The smallest absolute Gasteiger partial charge is 0.322 e. The highest BCUT2D eigenvalue weighted by atomic mass is 16.5. The van der Waals surface area contributed by atoms with E-state index >= 15 is 0 Å². The van der Waals surface area contributed by atoms with Crippen molar-refractivity contribution in [2.75, 3.05) is 33.9 Å². The van der Waals surface area contributed by atoms with Crippen molar-refractivity contribution in [3.05, 3.63) is 0 Å². The van der Waals surface area contributed by atoms with Crippen molar-refractivity contribution in [2.24, 2.45) is 0 Å². The molecular weight excluding hydrogens is 244 g/mol. The molecule has 0 radical (unpaired) electrons. The maximum Gasteiger partial charge on any atom is 0.322 e. The molecule has 0 saturated heterocycles. The zero-order valence-electron chi connectivity index (χ0n) is 12.6. The molecular formula is C14H28N2O3. The largest absolute Gasteiger partial charge is 0.468 e. The van der Waals surface area contributed by atoms with Crippen LogP contribution in [0.3, 0.4) is 0 Å². The Labute approximate surface area is 116 Å². The first-order chi connectivity index (χ1) is 9.08. The molecule has 1 fully saturated rings. The second-order valence-corrected chi connectivity index (χ2v) is 5.43. The fourth-order valence-electron chi connectivity index (χ4n) is 2.08. The van der Waals surface area contributed by atoms with E-state index in [-0.39, 0.29) is 12.0 Å². The van der Waals surface area contributed by atoms with E-state index in [1.54, 1.807) is 7.11 Å². The van der Waals surface area contributed by atoms with E-state index in [2.05, 4.69) is 24.1 Å². The van der Waals surface area contributed by atoms with Crippen LogP contribution in [0.5, 0.6) is 0 Å². The number of rotatable bonds is 10. The van der Waals surface area contributed by atoms with Gasteiger partial charge in [0.2, 0.25) is 0 Å². The maximum atomic E-state index is 11.7. The van der Waals surface area contributed by atoms with Crippen LogP contribution >= 0.6 is 0 Å². The first-order valence-corrected chi connectivity index (χ1v) is 7.15. The lowest BCUT2D eigenvalue weighted by atomic mass is 10.1. The normalized spacial score (nSPS) is 16.9. The molecule has 1 aliphatic carbocycles. The summed E-state index contributed by atoms with van der Waals surface area (Å²) in [6.07, 6.45) is 3.13. The van der Waals surface area contributed by atoms with Gasteiger partial charge >= 0.3 is 5.97 Å². The van der Waals surface area contributed by atoms with Crippen molar-refractivity contribution in [1.82, 2.24) is 10.2 Å². The van der Waals surface area contributed by atoms with Crippen molar-refractivity contribution in [3.8, 4) is 0 Å². The molecule has 0 aromatic heterocycles. The maximum absolute atomic E-state index is 11.7. The van der Waals surface area contributed by atoms with Crippen molar-refractivity contribution < 1.29 is 14.3 Å². The molecule has 5 heteroatoms. The van der Waals surface area contributed by atoms with Gasteiger partial charge in [-0.1, -0.05) is 0 Å². The molecule has 1 unspecified atom stereocenters. The summed E-state index contributed by atoms with van der Waals surface area (Å²) in [5, 5.41) is 3.36. The van der Waals surface area contributed by atoms with Crippen LogP contribution in [0, 0.1) is 0 Å². The summed E-state index contributed by atoms with van der Waals surface area (Å²) in [7, 11) is 3.17. The lowest BCUT2D eigenvalue weighted by Gasteiger charge is -2.27. The van der Waals surface area contributed by atoms with Crippen molar-refractivity contribution in [1.29, 1.82) is 0 Å². The summed E-state index contributed by atoms with van der Waals surface area (Å²) in [5.74, 6) is -0.151. The lowest BCUT2D eigenvalue weighted by Crippen LogP contribution is -2.43. The van der Waals surface area contributed by atoms with Gasteiger partial charge in [0.1, 0.15) is 6.04 Å². The van der Waals surface area contributed by atoms with E-state index in [1.807, 2.05) is 0 Å². The Morgan fingerprint density at radius 2 is 2.00 bits per heavy atom. The average molecular weight is 272 g/mol. The van der Waals surface area contributed by atoms with Gasteiger partial charge < -0.3 is 14.8 Å². The standard InChI is InChI=1S/C14H28N2O3/c1-11(2)16(9-10-18-3)8-7-13(14(17)19-4)15-12-5-6-12/h11-13,15H,5-10H2,1-4H3. The minimum Gasteiger partial charge on any atom is -0.468 e. The average Bonchev–Trinajstić information content (AvgIpc) is 3.19. The third kappa shape index (κ3) is 6.36. The molecule has 1 N–H and O–H groups in total. The minimum atomic E-state index is -0.179. The summed E-state index contributed by atoms with van der Waals surface area (Å²) < 4.78 is 9.99. The summed E-state index contributed by atoms with van der Waals surface area (Å²) >= 11 is 0. The summed E-state index contributed by atoms with van der Waals surface area (Å²) in [5.41, 5.74) is 0. The molecule has 0 heterocycles. The minimum absolute atomic E-state index is 0.151. The molecule has 5 nitrogen and oxygen atoms in total. The van der Waals surface area contributed by atoms with Crippen LogP contribution in [-0.4, -0.2) is 62.9 Å². The van der Waals surface area contributed by atoms with Crippen LogP contribution in [-0.2, 0) is 14.3 Å². The van der Waals surface area contributed by atoms with Crippen molar-refractivity contribution in [3.63, 3.8) is 0 Å². The number of hydrogen-bond acceptors (Lipinski definition) is 5. The fourth-order valence-corrected chi connectivity index (χ4v) is 2.08. The van der Waals surface area contributed by atoms with Gasteiger partial charge in [-0.2, -0.15) is 0 Å². The Hall–Kier alpha value is -0.650. The number of nitrogens with zero attached hydrogens (tertiary/aromatic N) is 1. The number of nitrogens with one attached hydrogen (secondary N) is 1. The van der Waals surface area contributed by atoms with Gasteiger partial charge in [0.25, 0.3) is 0 Å². The third-order valence-electron chi connectivity index (χ3n) is 3.52. The van der Waals surface area contributed by atoms with Gasteiger partial charge in [-0.15, -0.1) is 0 Å². The van der Waals surface area contributed by atoms with E-state index in [1.165, 1.54) is 20.0 Å². The van der Waals surface area contributed by atoms with Gasteiger partial charge in [-0.3, -0.25) is 9.69 Å². The van der Waals surface area contributed by atoms with Crippen LogP contribution in [0.1, 0.15) is 33.1 Å². The summed E-state index contributed by atoms with van der Waals surface area (Å²) in [4.78, 5) is 14.1. The highest BCUT2D eigenvalue weighted by Gasteiger charge is 2.29. The summed E-state index contributed by atoms with van der Waals surface area (Å²) in [6, 6.07) is 0.784. The number of methoxy groups -OCH3 is 2. The monoisotopic (exact) mass is 272 g/mol. The first kappa shape index (κ1) is 16.4. The Kier molecular flexibility index (Phi) is 7.34. The molecule has 0 spiro atoms. The van der Waals surface area contributed by atoms with E-state index < -0.39 is 0 Å². The predicted molar refractivity (Wildman–Crippen MR) is 75.2 cm³/mol. The van der Waals surface area contributed by atoms with Gasteiger partial charge in [-0.25, -0.2) is 0 Å².